The molecule has 0 aliphatic carbocycles. The molecule has 8 nitrogen and oxygen atoms in total. The number of nitrogens with one attached hydrogen (secondary N) is 2. The first-order valence-electron chi connectivity index (χ1n) is 9.96. The van der Waals surface area contributed by atoms with Gasteiger partial charge in [0.1, 0.15) is 11.6 Å². The average molecular weight is 536 g/mol. The van der Waals surface area contributed by atoms with Crippen LogP contribution < -0.4 is 20.1 Å². The molecule has 0 saturated heterocycles. The van der Waals surface area contributed by atoms with Gasteiger partial charge in [-0.15, -0.1) is 24.0 Å². The summed E-state index contributed by atoms with van der Waals surface area (Å²) in [5.41, 5.74) is 1.88. The van der Waals surface area contributed by atoms with E-state index in [1.54, 1.807) is 13.3 Å². The molecule has 0 radical (unpaired) electrons. The van der Waals surface area contributed by atoms with Gasteiger partial charge in [0.05, 0.1) is 20.3 Å². The van der Waals surface area contributed by atoms with Gasteiger partial charge in [-0.1, -0.05) is 6.07 Å². The van der Waals surface area contributed by atoms with E-state index in [4.69, 9.17) is 9.47 Å². The number of methoxy groups -OCH3 is 1. The van der Waals surface area contributed by atoms with Crippen molar-refractivity contribution in [2.24, 2.45) is 4.99 Å². The first kappa shape index (κ1) is 24.4. The molecule has 3 rings (SSSR count). The van der Waals surface area contributed by atoms with Crippen molar-refractivity contribution in [1.29, 1.82) is 0 Å². The van der Waals surface area contributed by atoms with E-state index < -0.39 is 0 Å². The van der Waals surface area contributed by atoms with Crippen molar-refractivity contribution >= 4 is 35.6 Å². The number of hydrogen-bond acceptors (Lipinski definition) is 5. The third kappa shape index (κ3) is 6.58. The Morgan fingerprint density at radius 1 is 1.13 bits per heavy atom. The van der Waals surface area contributed by atoms with Crippen molar-refractivity contribution in [2.75, 3.05) is 25.6 Å². The van der Waals surface area contributed by atoms with Gasteiger partial charge in [-0.3, -0.25) is 4.57 Å². The summed E-state index contributed by atoms with van der Waals surface area (Å²) in [7, 11) is 1.63. The predicted octanol–water partition coefficient (Wildman–Crippen LogP) is 4.18. The van der Waals surface area contributed by atoms with Crippen LogP contribution in [-0.2, 0) is 6.54 Å². The number of guanidine groups is 1. The number of hydrogen-bond donors (Lipinski definition) is 2. The lowest BCUT2D eigenvalue weighted by Gasteiger charge is -2.14. The zero-order chi connectivity index (χ0) is 21.3. The number of imidazole rings is 1. The summed E-state index contributed by atoms with van der Waals surface area (Å²) in [5.74, 6) is 3.81. The quantitative estimate of drug-likeness (QED) is 0.255. The Hall–Kier alpha value is -2.82. The third-order valence-corrected chi connectivity index (χ3v) is 4.37. The fourth-order valence-corrected chi connectivity index (χ4v) is 2.91. The Morgan fingerprint density at radius 3 is 2.58 bits per heavy atom. The molecule has 3 aromatic rings. The van der Waals surface area contributed by atoms with Crippen LogP contribution in [0.4, 0.5) is 5.69 Å². The van der Waals surface area contributed by atoms with Crippen LogP contribution in [0.1, 0.15) is 25.2 Å². The molecule has 1 aromatic carbocycles. The minimum absolute atomic E-state index is 0. The second-order valence-corrected chi connectivity index (χ2v) is 6.49. The molecule has 2 N–H and O–H groups in total. The van der Waals surface area contributed by atoms with Crippen LogP contribution in [0.25, 0.3) is 5.82 Å². The smallest absolute Gasteiger partial charge is 0.196 e. The lowest BCUT2D eigenvalue weighted by atomic mass is 10.2. The highest BCUT2D eigenvalue weighted by Crippen LogP contribution is 2.30. The molecule has 0 unspecified atom stereocenters. The molecular formula is C22H29IN6O2. The van der Waals surface area contributed by atoms with Crippen molar-refractivity contribution in [1.82, 2.24) is 19.9 Å². The monoisotopic (exact) mass is 536 g/mol. The lowest BCUT2D eigenvalue weighted by Crippen LogP contribution is -2.30. The van der Waals surface area contributed by atoms with Crippen LogP contribution in [0.5, 0.6) is 11.5 Å². The Morgan fingerprint density at radius 2 is 1.97 bits per heavy atom. The number of benzene rings is 1. The van der Waals surface area contributed by atoms with Gasteiger partial charge in [0.15, 0.2) is 17.5 Å². The van der Waals surface area contributed by atoms with E-state index in [9.17, 15) is 0 Å². The summed E-state index contributed by atoms with van der Waals surface area (Å²) in [6.07, 6.45) is 5.50. The van der Waals surface area contributed by atoms with Crippen LogP contribution in [0, 0.1) is 6.92 Å². The Bertz CT molecular complexity index is 988. The number of pyridine rings is 1. The molecule has 31 heavy (non-hydrogen) atoms. The van der Waals surface area contributed by atoms with Gasteiger partial charge < -0.3 is 20.1 Å². The van der Waals surface area contributed by atoms with Crippen molar-refractivity contribution in [3.8, 4) is 17.3 Å². The molecule has 166 valence electrons. The van der Waals surface area contributed by atoms with E-state index in [0.717, 1.165) is 29.4 Å². The second kappa shape index (κ2) is 12.1. The van der Waals surface area contributed by atoms with Crippen molar-refractivity contribution in [3.63, 3.8) is 0 Å². The van der Waals surface area contributed by atoms with Crippen molar-refractivity contribution < 1.29 is 9.47 Å². The summed E-state index contributed by atoms with van der Waals surface area (Å²) in [4.78, 5) is 13.4. The molecule has 0 amide bonds. The largest absolute Gasteiger partial charge is 0.493 e. The van der Waals surface area contributed by atoms with Crippen LogP contribution in [0.2, 0.25) is 0 Å². The number of aliphatic imine (C=N–C) groups is 1. The summed E-state index contributed by atoms with van der Waals surface area (Å²) < 4.78 is 12.9. The zero-order valence-electron chi connectivity index (χ0n) is 18.3. The number of rotatable bonds is 8. The lowest BCUT2D eigenvalue weighted by molar-refractivity contribution is 0.311. The van der Waals surface area contributed by atoms with E-state index in [0.29, 0.717) is 30.6 Å². The molecule has 0 fully saturated rings. The van der Waals surface area contributed by atoms with Crippen LogP contribution in [-0.4, -0.2) is 40.8 Å². The van der Waals surface area contributed by atoms with E-state index in [-0.39, 0.29) is 24.0 Å². The van der Waals surface area contributed by atoms with Crippen LogP contribution in [0.15, 0.2) is 53.9 Å². The first-order chi connectivity index (χ1) is 14.6. The summed E-state index contributed by atoms with van der Waals surface area (Å²) in [6, 6.07) is 9.70. The maximum absolute atomic E-state index is 5.65. The summed E-state index contributed by atoms with van der Waals surface area (Å²) >= 11 is 0. The fourth-order valence-electron chi connectivity index (χ4n) is 2.91. The maximum Gasteiger partial charge on any atom is 0.196 e. The average Bonchev–Trinajstić information content (AvgIpc) is 3.19. The number of aryl methyl sites for hydroxylation is 1. The topological polar surface area (TPSA) is 85.6 Å². The molecule has 0 saturated carbocycles. The minimum Gasteiger partial charge on any atom is -0.493 e. The minimum atomic E-state index is 0. The third-order valence-electron chi connectivity index (χ3n) is 4.37. The standard InChI is InChI=1S/C22H28N6O2.HI/c1-5-23-22(27-18-8-9-19(29-4)20(13-18)30-6-2)26-15-17-7-10-21(25-14-17)28-12-11-24-16(28)3;/h7-14H,5-6,15H2,1-4H3,(H2,23,26,27);1H. The van der Waals surface area contributed by atoms with Crippen molar-refractivity contribution in [3.05, 3.63) is 60.3 Å². The highest BCUT2D eigenvalue weighted by Gasteiger charge is 2.07. The number of halogens is 1. The van der Waals surface area contributed by atoms with Crippen LogP contribution in [0.3, 0.4) is 0 Å². The Labute approximate surface area is 200 Å². The van der Waals surface area contributed by atoms with Gasteiger partial charge in [-0.05, 0) is 44.5 Å². The summed E-state index contributed by atoms with van der Waals surface area (Å²) in [5, 5.41) is 6.57. The fraction of sp³-hybridized carbons (Fsp3) is 0.318. The SMILES string of the molecule is CCNC(=NCc1ccc(-n2ccnc2C)nc1)Nc1ccc(OC)c(OCC)c1.I. The highest BCUT2D eigenvalue weighted by molar-refractivity contribution is 14.0. The molecule has 0 atom stereocenters. The molecule has 0 spiro atoms. The summed E-state index contributed by atoms with van der Waals surface area (Å²) in [6.45, 7) is 7.73. The van der Waals surface area contributed by atoms with Crippen molar-refractivity contribution in [2.45, 2.75) is 27.3 Å². The molecule has 2 aromatic heterocycles. The molecule has 9 heteroatoms. The number of ether oxygens (including phenoxy) is 2. The number of anilines is 1. The van der Waals surface area contributed by atoms with Gasteiger partial charge in [-0.25, -0.2) is 15.0 Å². The number of nitrogens with zero attached hydrogens (tertiary/aromatic N) is 4. The van der Waals surface area contributed by atoms with Gasteiger partial charge in [0.2, 0.25) is 0 Å². The molecule has 0 aliphatic rings. The predicted molar refractivity (Wildman–Crippen MR) is 134 cm³/mol. The van der Waals surface area contributed by atoms with Gasteiger partial charge in [0.25, 0.3) is 0 Å². The molecule has 2 heterocycles. The van der Waals surface area contributed by atoms with Gasteiger partial charge in [-0.2, -0.15) is 0 Å². The van der Waals surface area contributed by atoms with Gasteiger partial charge >= 0.3 is 0 Å². The van der Waals surface area contributed by atoms with Crippen LogP contribution >= 0.6 is 24.0 Å². The molecule has 0 aliphatic heterocycles. The van der Waals surface area contributed by atoms with Gasteiger partial charge in [0, 0.05) is 36.9 Å². The zero-order valence-corrected chi connectivity index (χ0v) is 20.6. The molecular weight excluding hydrogens is 507 g/mol. The Balaban J connectivity index is 0.00000341. The van der Waals surface area contributed by atoms with E-state index in [2.05, 4.69) is 25.6 Å². The number of aromatic nitrogens is 3. The normalized spacial score (nSPS) is 10.9. The highest BCUT2D eigenvalue weighted by atomic mass is 127. The molecule has 0 bridgehead atoms. The van der Waals surface area contributed by atoms with E-state index in [1.807, 2.05) is 68.1 Å². The second-order valence-electron chi connectivity index (χ2n) is 6.49. The first-order valence-corrected chi connectivity index (χ1v) is 9.96. The maximum atomic E-state index is 5.65. The van der Waals surface area contributed by atoms with E-state index >= 15 is 0 Å². The Kier molecular flexibility index (Phi) is 9.57. The van der Waals surface area contributed by atoms with E-state index in [1.165, 1.54) is 0 Å².